The molecule has 2 aromatic heterocycles. The molecule has 0 radical (unpaired) electrons. The second kappa shape index (κ2) is 19.2. The number of carboxylic acids is 1. The van der Waals surface area contributed by atoms with Gasteiger partial charge in [0, 0.05) is 47.5 Å². The minimum absolute atomic E-state index is 0.0534. The molecule has 0 fully saturated rings. The monoisotopic (exact) mass is 674 g/mol. The van der Waals surface area contributed by atoms with Crippen LogP contribution in [0.5, 0.6) is 0 Å². The number of aromatic nitrogens is 4. The Balaban J connectivity index is 0. The van der Waals surface area contributed by atoms with Crippen LogP contribution < -0.4 is 10.6 Å². The van der Waals surface area contributed by atoms with E-state index in [1.165, 1.54) is 35.5 Å². The Morgan fingerprint density at radius 3 is 1.40 bits per heavy atom. The maximum atomic E-state index is 11.4. The molecule has 0 saturated heterocycles. The number of imidazole rings is 2. The number of carboxylic acid groups (broad SMARTS) is 1. The van der Waals surface area contributed by atoms with E-state index in [-0.39, 0.29) is 23.3 Å². The van der Waals surface area contributed by atoms with Crippen molar-refractivity contribution in [3.63, 3.8) is 0 Å². The summed E-state index contributed by atoms with van der Waals surface area (Å²) in [5.74, 6) is -0.913. The van der Waals surface area contributed by atoms with Gasteiger partial charge >= 0.3 is 18.2 Å². The van der Waals surface area contributed by atoms with Crippen molar-refractivity contribution in [2.75, 3.05) is 24.7 Å². The molecule has 17 heteroatoms. The minimum atomic E-state index is -1.16. The molecular weight excluding hydrogens is 631 g/mol. The van der Waals surface area contributed by atoms with E-state index in [4.69, 9.17) is 43.0 Å². The summed E-state index contributed by atoms with van der Waals surface area (Å²) in [5.41, 5.74) is -0.0601. The number of halogens is 2. The third kappa shape index (κ3) is 19.6. The van der Waals surface area contributed by atoms with Crippen molar-refractivity contribution in [2.24, 2.45) is 14.1 Å². The molecule has 0 bridgehead atoms. The first-order valence-corrected chi connectivity index (χ1v) is 13.9. The van der Waals surface area contributed by atoms with Crippen molar-refractivity contribution in [1.29, 1.82) is 5.26 Å². The number of anilines is 2. The fourth-order valence-corrected chi connectivity index (χ4v) is 2.87. The first kappa shape index (κ1) is 42.8. The van der Waals surface area contributed by atoms with Crippen LogP contribution in [-0.2, 0) is 23.6 Å². The smallest absolute Gasteiger partial charge is 0.413 e. The highest BCUT2D eigenvalue weighted by molar-refractivity contribution is 6.67. The second-order valence-electron chi connectivity index (χ2n) is 11.4. The molecule has 2 rings (SSSR count). The predicted molar refractivity (Wildman–Crippen MR) is 172 cm³/mol. The van der Waals surface area contributed by atoms with E-state index in [9.17, 15) is 19.2 Å². The Hall–Kier alpha value is -4.29. The summed E-state index contributed by atoms with van der Waals surface area (Å²) in [6, 6.07) is 1.75. The van der Waals surface area contributed by atoms with Gasteiger partial charge in [0.15, 0.2) is 17.5 Å². The third-order valence-electron chi connectivity index (χ3n) is 4.18. The fraction of sp³-hybridized carbons (Fsp3) is 0.536. The number of allylic oxidation sites excluding steroid dienone is 1. The van der Waals surface area contributed by atoms with Gasteiger partial charge < -0.3 is 28.6 Å². The lowest BCUT2D eigenvalue weighted by atomic mass is 10.2. The van der Waals surface area contributed by atoms with Crippen molar-refractivity contribution >= 4 is 58.2 Å². The van der Waals surface area contributed by atoms with Crippen LogP contribution >= 0.6 is 23.2 Å². The molecule has 0 spiro atoms. The highest BCUT2D eigenvalue weighted by atomic mass is 35.5. The lowest BCUT2D eigenvalue weighted by molar-refractivity contribution is 0.0623. The van der Waals surface area contributed by atoms with Gasteiger partial charge in [-0.1, -0.05) is 11.6 Å². The van der Waals surface area contributed by atoms with Crippen LogP contribution in [0.1, 0.15) is 83.6 Å². The van der Waals surface area contributed by atoms with Crippen molar-refractivity contribution < 1.29 is 33.8 Å². The molecule has 252 valence electrons. The summed E-state index contributed by atoms with van der Waals surface area (Å²) >= 11 is 11.1. The Kier molecular flexibility index (Phi) is 18.3. The number of hydrogen-bond donors (Lipinski definition) is 3. The van der Waals surface area contributed by atoms with Gasteiger partial charge in [-0.05, 0) is 72.6 Å². The van der Waals surface area contributed by atoms with E-state index in [0.29, 0.717) is 0 Å². The van der Waals surface area contributed by atoms with Crippen molar-refractivity contribution in [1.82, 2.24) is 24.0 Å². The van der Waals surface area contributed by atoms with E-state index in [2.05, 4.69) is 20.6 Å². The number of nitrogens with zero attached hydrogens (tertiary/aromatic N) is 6. The average molecular weight is 676 g/mol. The van der Waals surface area contributed by atoms with E-state index in [1.54, 1.807) is 54.7 Å². The number of carbonyl (C=O) groups is 4. The molecule has 0 atom stereocenters. The maximum absolute atomic E-state index is 11.4. The standard InChI is InChI=1S/C10H14ClN3O3.C10H15N3O4.C6H12ClN.C2H3N/c1-10(2,3)17-9(16)13-6-5-14(4)8(12-6)7(11)15;1-10(2,3)17-9(16)12-6-5-13(4)7(11-6)8(14)15;1-5(2)6(7)8(3)4;1-2-3/h5H,1-4H3,(H,13,16);5H,1-4H3,(H,12,16)(H,14,15);1-4H3;1H3. The molecule has 0 unspecified atom stereocenters. The number of ether oxygens (including phenoxy) is 2. The SMILES string of the molecule is CC#N.CC(C)=C(Cl)N(C)C.Cn1cc(NC(=O)OC(C)(C)C)nc1C(=O)Cl.Cn1cc(NC(=O)OC(C)(C)C)nc1C(=O)O. The van der Waals surface area contributed by atoms with Crippen LogP contribution in [0.25, 0.3) is 0 Å². The summed E-state index contributed by atoms with van der Waals surface area (Å²) in [4.78, 5) is 53.9. The summed E-state index contributed by atoms with van der Waals surface area (Å²) in [5, 5.41) is 21.0. The van der Waals surface area contributed by atoms with Gasteiger partial charge in [0.25, 0.3) is 5.24 Å². The zero-order chi connectivity index (χ0) is 35.9. The molecular formula is C28H44Cl2N8O7. The fourth-order valence-electron chi connectivity index (χ4n) is 2.70. The molecule has 15 nitrogen and oxygen atoms in total. The van der Waals surface area contributed by atoms with Gasteiger partial charge in [-0.25, -0.2) is 24.4 Å². The van der Waals surface area contributed by atoms with Crippen LogP contribution in [0.4, 0.5) is 21.2 Å². The number of aryl methyl sites for hydroxylation is 2. The largest absolute Gasteiger partial charge is 0.475 e. The highest BCUT2D eigenvalue weighted by Gasteiger charge is 2.20. The van der Waals surface area contributed by atoms with Gasteiger partial charge in [0.1, 0.15) is 16.4 Å². The van der Waals surface area contributed by atoms with Gasteiger partial charge in [-0.2, -0.15) is 5.26 Å². The average Bonchev–Trinajstić information content (AvgIpc) is 3.38. The number of nitriles is 1. The number of amides is 2. The third-order valence-corrected chi connectivity index (χ3v) is 5.07. The number of hydrogen-bond acceptors (Lipinski definition) is 10. The van der Waals surface area contributed by atoms with Gasteiger partial charge in [-0.3, -0.25) is 15.4 Å². The maximum Gasteiger partial charge on any atom is 0.413 e. The zero-order valence-electron chi connectivity index (χ0n) is 28.0. The van der Waals surface area contributed by atoms with Crippen molar-refractivity contribution in [3.05, 3.63) is 34.8 Å². The Bertz CT molecular complexity index is 1290. The van der Waals surface area contributed by atoms with Gasteiger partial charge in [0.2, 0.25) is 5.82 Å². The number of carbonyl (C=O) groups excluding carboxylic acids is 3. The van der Waals surface area contributed by atoms with E-state index >= 15 is 0 Å². The van der Waals surface area contributed by atoms with Gasteiger partial charge in [0.05, 0.1) is 6.07 Å². The van der Waals surface area contributed by atoms with Crippen LogP contribution in [-0.4, -0.2) is 77.8 Å². The quantitative estimate of drug-likeness (QED) is 0.242. The molecule has 2 heterocycles. The Labute approximate surface area is 274 Å². The number of rotatable bonds is 5. The van der Waals surface area contributed by atoms with Crippen LogP contribution in [0.15, 0.2) is 23.1 Å². The number of nitrogens with one attached hydrogen (secondary N) is 2. The lowest BCUT2D eigenvalue weighted by Crippen LogP contribution is -2.27. The Morgan fingerprint density at radius 1 is 0.867 bits per heavy atom. The van der Waals surface area contributed by atoms with E-state index < -0.39 is 34.6 Å². The normalized spacial score (nSPS) is 10.1. The molecule has 0 aliphatic rings. The topological polar surface area (TPSA) is 194 Å². The molecule has 0 aliphatic heterocycles. The first-order valence-electron chi connectivity index (χ1n) is 13.2. The van der Waals surface area contributed by atoms with Gasteiger partial charge in [-0.15, -0.1) is 0 Å². The second-order valence-corrected chi connectivity index (χ2v) is 12.1. The van der Waals surface area contributed by atoms with Crippen LogP contribution in [0.3, 0.4) is 0 Å². The Morgan fingerprint density at radius 2 is 1.20 bits per heavy atom. The van der Waals surface area contributed by atoms with E-state index in [1.807, 2.05) is 32.8 Å². The van der Waals surface area contributed by atoms with Crippen LogP contribution in [0.2, 0.25) is 0 Å². The predicted octanol–water partition coefficient (Wildman–Crippen LogP) is 6.18. The summed E-state index contributed by atoms with van der Waals surface area (Å²) in [6.07, 6.45) is 1.56. The van der Waals surface area contributed by atoms with Crippen molar-refractivity contribution in [2.45, 2.75) is 73.5 Å². The molecule has 45 heavy (non-hydrogen) atoms. The van der Waals surface area contributed by atoms with Crippen molar-refractivity contribution in [3.8, 4) is 6.07 Å². The molecule has 3 N–H and O–H groups in total. The molecule has 0 aliphatic carbocycles. The number of aromatic carboxylic acids is 1. The zero-order valence-corrected chi connectivity index (χ0v) is 29.5. The molecule has 2 aromatic rings. The molecule has 0 saturated carbocycles. The summed E-state index contributed by atoms with van der Waals surface area (Å²) in [6.45, 7) is 15.8. The van der Waals surface area contributed by atoms with Crippen LogP contribution in [0, 0.1) is 11.3 Å². The molecule has 0 aromatic carbocycles. The highest BCUT2D eigenvalue weighted by Crippen LogP contribution is 2.13. The minimum Gasteiger partial charge on any atom is -0.475 e. The summed E-state index contributed by atoms with van der Waals surface area (Å²) < 4.78 is 12.8. The molecule has 2 amide bonds. The lowest BCUT2D eigenvalue weighted by Gasteiger charge is -2.19. The first-order chi connectivity index (χ1) is 20.3. The summed E-state index contributed by atoms with van der Waals surface area (Å²) in [7, 11) is 6.98. The van der Waals surface area contributed by atoms with E-state index in [0.717, 1.165) is 10.7 Å².